The Hall–Kier alpha value is -1.26. The SMILES string of the molecule is CC/C(=N\N=C(/CC)c1cccs1)c1cccs1. The van der Waals surface area contributed by atoms with E-state index in [1.54, 1.807) is 22.7 Å². The summed E-state index contributed by atoms with van der Waals surface area (Å²) in [5.74, 6) is 0. The summed E-state index contributed by atoms with van der Waals surface area (Å²) in [5, 5.41) is 13.0. The Bertz CT molecular complexity index is 472. The Kier molecular flexibility index (Phi) is 4.84. The average molecular weight is 276 g/mol. The fraction of sp³-hybridized carbons (Fsp3) is 0.286. The Morgan fingerprint density at radius 3 is 1.61 bits per heavy atom. The van der Waals surface area contributed by atoms with Crippen LogP contribution in [0.2, 0.25) is 0 Å². The van der Waals surface area contributed by atoms with Gasteiger partial charge in [0.2, 0.25) is 0 Å². The minimum atomic E-state index is 0.908. The first-order chi connectivity index (χ1) is 8.85. The van der Waals surface area contributed by atoms with Gasteiger partial charge in [0.25, 0.3) is 0 Å². The second-order valence-corrected chi connectivity index (χ2v) is 5.65. The maximum Gasteiger partial charge on any atom is 0.0799 e. The lowest BCUT2D eigenvalue weighted by atomic mass is 10.2. The van der Waals surface area contributed by atoms with Gasteiger partial charge in [-0.05, 0) is 35.7 Å². The fourth-order valence-electron chi connectivity index (χ4n) is 1.59. The van der Waals surface area contributed by atoms with Crippen LogP contribution in [0, 0.1) is 0 Å². The molecule has 0 N–H and O–H groups in total. The van der Waals surface area contributed by atoms with Gasteiger partial charge in [0.1, 0.15) is 0 Å². The van der Waals surface area contributed by atoms with Gasteiger partial charge in [-0.25, -0.2) is 0 Å². The molecule has 0 unspecified atom stereocenters. The number of rotatable bonds is 5. The summed E-state index contributed by atoms with van der Waals surface area (Å²) in [6.45, 7) is 4.23. The van der Waals surface area contributed by atoms with E-state index in [1.807, 2.05) is 0 Å². The van der Waals surface area contributed by atoms with E-state index in [9.17, 15) is 0 Å². The van der Waals surface area contributed by atoms with Gasteiger partial charge in [-0.1, -0.05) is 26.0 Å². The molecule has 0 spiro atoms. The van der Waals surface area contributed by atoms with Gasteiger partial charge in [0.15, 0.2) is 0 Å². The molecule has 0 bridgehead atoms. The van der Waals surface area contributed by atoms with Crippen LogP contribution in [0.5, 0.6) is 0 Å². The summed E-state index contributed by atoms with van der Waals surface area (Å²) in [4.78, 5) is 2.42. The molecule has 4 heteroatoms. The third kappa shape index (κ3) is 3.15. The summed E-state index contributed by atoms with van der Waals surface area (Å²) >= 11 is 3.43. The third-order valence-electron chi connectivity index (χ3n) is 2.57. The van der Waals surface area contributed by atoms with Crippen LogP contribution in [0.1, 0.15) is 36.4 Å². The Morgan fingerprint density at radius 1 is 0.889 bits per heavy atom. The smallest absolute Gasteiger partial charge is 0.0799 e. The molecule has 0 radical (unpaired) electrons. The first kappa shape index (κ1) is 13.2. The molecule has 94 valence electrons. The molecule has 18 heavy (non-hydrogen) atoms. The summed E-state index contributed by atoms with van der Waals surface area (Å²) in [7, 11) is 0. The molecule has 0 aliphatic carbocycles. The van der Waals surface area contributed by atoms with Crippen molar-refractivity contribution in [3.05, 3.63) is 44.8 Å². The maximum absolute atomic E-state index is 4.43. The van der Waals surface area contributed by atoms with E-state index in [-0.39, 0.29) is 0 Å². The zero-order valence-corrected chi connectivity index (χ0v) is 12.2. The van der Waals surface area contributed by atoms with E-state index in [2.05, 4.69) is 59.1 Å². The van der Waals surface area contributed by atoms with Crippen molar-refractivity contribution >= 4 is 34.1 Å². The highest BCUT2D eigenvalue weighted by molar-refractivity contribution is 7.12. The normalized spacial score (nSPS) is 13.0. The highest BCUT2D eigenvalue weighted by atomic mass is 32.1. The monoisotopic (exact) mass is 276 g/mol. The summed E-state index contributed by atoms with van der Waals surface area (Å²) in [5.41, 5.74) is 2.13. The molecule has 0 saturated carbocycles. The molecule has 0 saturated heterocycles. The molecule has 0 aliphatic heterocycles. The second-order valence-electron chi connectivity index (χ2n) is 3.76. The van der Waals surface area contributed by atoms with Crippen molar-refractivity contribution in [2.45, 2.75) is 26.7 Å². The Morgan fingerprint density at radius 2 is 1.33 bits per heavy atom. The van der Waals surface area contributed by atoms with Crippen LogP contribution >= 0.6 is 22.7 Å². The summed E-state index contributed by atoms with van der Waals surface area (Å²) in [6.07, 6.45) is 1.82. The largest absolute Gasteiger partial charge is 0.154 e. The quantitative estimate of drug-likeness (QED) is 0.552. The number of hydrogen-bond donors (Lipinski definition) is 0. The molecule has 0 fully saturated rings. The minimum absolute atomic E-state index is 0.908. The zero-order valence-electron chi connectivity index (χ0n) is 10.6. The molecule has 0 aromatic carbocycles. The van der Waals surface area contributed by atoms with Crippen molar-refractivity contribution in [1.82, 2.24) is 0 Å². The Balaban J connectivity index is 2.26. The van der Waals surface area contributed by atoms with E-state index in [0.29, 0.717) is 0 Å². The van der Waals surface area contributed by atoms with Crippen LogP contribution in [0.4, 0.5) is 0 Å². The van der Waals surface area contributed by atoms with E-state index in [4.69, 9.17) is 0 Å². The number of nitrogens with zero attached hydrogens (tertiary/aromatic N) is 2. The van der Waals surface area contributed by atoms with E-state index in [1.165, 1.54) is 9.75 Å². The van der Waals surface area contributed by atoms with E-state index < -0.39 is 0 Å². The highest BCUT2D eigenvalue weighted by Gasteiger charge is 2.04. The van der Waals surface area contributed by atoms with Crippen molar-refractivity contribution in [2.75, 3.05) is 0 Å². The van der Waals surface area contributed by atoms with Crippen molar-refractivity contribution in [3.63, 3.8) is 0 Å². The van der Waals surface area contributed by atoms with Gasteiger partial charge in [0.05, 0.1) is 21.2 Å². The number of thiophene rings is 2. The van der Waals surface area contributed by atoms with Gasteiger partial charge in [-0.3, -0.25) is 0 Å². The predicted octanol–water partition coefficient (Wildman–Crippen LogP) is 4.82. The predicted molar refractivity (Wildman–Crippen MR) is 82.3 cm³/mol. The van der Waals surface area contributed by atoms with Crippen LogP contribution in [0.3, 0.4) is 0 Å². The molecule has 2 rings (SSSR count). The minimum Gasteiger partial charge on any atom is -0.154 e. The Labute approximate surface area is 116 Å². The van der Waals surface area contributed by atoms with Crippen LogP contribution in [-0.4, -0.2) is 11.4 Å². The van der Waals surface area contributed by atoms with Crippen LogP contribution in [0.15, 0.2) is 45.2 Å². The second kappa shape index (κ2) is 6.61. The first-order valence-electron chi connectivity index (χ1n) is 6.06. The molecule has 0 aliphatic rings. The fourth-order valence-corrected chi connectivity index (χ4v) is 3.16. The van der Waals surface area contributed by atoms with Crippen LogP contribution < -0.4 is 0 Å². The molecule has 2 aromatic heterocycles. The van der Waals surface area contributed by atoms with Crippen molar-refractivity contribution in [3.8, 4) is 0 Å². The van der Waals surface area contributed by atoms with Gasteiger partial charge in [-0.2, -0.15) is 10.2 Å². The lowest BCUT2D eigenvalue weighted by molar-refractivity contribution is 1.14. The van der Waals surface area contributed by atoms with Gasteiger partial charge >= 0.3 is 0 Å². The summed E-state index contributed by atoms with van der Waals surface area (Å²) < 4.78 is 0. The topological polar surface area (TPSA) is 24.7 Å². The molecular formula is C14H16N2S2. The third-order valence-corrected chi connectivity index (χ3v) is 4.41. The van der Waals surface area contributed by atoms with E-state index >= 15 is 0 Å². The highest BCUT2D eigenvalue weighted by Crippen LogP contribution is 2.15. The van der Waals surface area contributed by atoms with Crippen molar-refractivity contribution in [1.29, 1.82) is 0 Å². The molecule has 0 amide bonds. The summed E-state index contributed by atoms with van der Waals surface area (Å²) in [6, 6.07) is 8.29. The molecule has 0 atom stereocenters. The van der Waals surface area contributed by atoms with Crippen LogP contribution in [0.25, 0.3) is 0 Å². The van der Waals surface area contributed by atoms with Crippen molar-refractivity contribution < 1.29 is 0 Å². The average Bonchev–Trinajstić information content (AvgIpc) is 3.07. The number of hydrogen-bond acceptors (Lipinski definition) is 4. The molecular weight excluding hydrogens is 260 g/mol. The lowest BCUT2D eigenvalue weighted by Crippen LogP contribution is -1.98. The zero-order chi connectivity index (χ0) is 12.8. The molecule has 2 aromatic rings. The van der Waals surface area contributed by atoms with Crippen molar-refractivity contribution in [2.24, 2.45) is 10.2 Å². The van der Waals surface area contributed by atoms with E-state index in [0.717, 1.165) is 24.3 Å². The first-order valence-corrected chi connectivity index (χ1v) is 7.82. The standard InChI is InChI=1S/C14H16N2S2/c1-3-11(13-7-5-9-17-13)15-16-12(4-2)14-8-6-10-18-14/h5-10H,3-4H2,1-2H3/b15-11+,16-12+. The van der Waals surface area contributed by atoms with Gasteiger partial charge in [-0.15, -0.1) is 22.7 Å². The van der Waals surface area contributed by atoms with Crippen LogP contribution in [-0.2, 0) is 0 Å². The van der Waals surface area contributed by atoms with Gasteiger partial charge in [0, 0.05) is 0 Å². The lowest BCUT2D eigenvalue weighted by Gasteiger charge is -2.00. The molecule has 2 nitrogen and oxygen atoms in total. The maximum atomic E-state index is 4.43. The van der Waals surface area contributed by atoms with Gasteiger partial charge < -0.3 is 0 Å². The molecule has 2 heterocycles.